The highest BCUT2D eigenvalue weighted by Crippen LogP contribution is 2.49. The van der Waals surface area contributed by atoms with Crippen molar-refractivity contribution in [2.75, 3.05) is 17.3 Å². The van der Waals surface area contributed by atoms with Crippen molar-refractivity contribution in [2.45, 2.75) is 99.6 Å². The minimum Gasteiger partial charge on any atom is -0.188 e. The van der Waals surface area contributed by atoms with Crippen LogP contribution in [0.5, 0.6) is 0 Å². The molecule has 0 radical (unpaired) electrons. The summed E-state index contributed by atoms with van der Waals surface area (Å²) in [6.07, 6.45) is 18.0. The van der Waals surface area contributed by atoms with Gasteiger partial charge in [-0.15, -0.1) is 28.6 Å². The molecule has 178 valence electrons. The summed E-state index contributed by atoms with van der Waals surface area (Å²) in [7, 11) is 0. The molecule has 0 amide bonds. The van der Waals surface area contributed by atoms with Crippen LogP contribution >= 0.6 is 35.3 Å². The van der Waals surface area contributed by atoms with Gasteiger partial charge in [-0.1, -0.05) is 94.7 Å². The molecule has 2 aromatic rings. The number of thioether (sulfide) groups is 3. The summed E-state index contributed by atoms with van der Waals surface area (Å²) < 4.78 is 2.38. The minimum atomic E-state index is 0.537. The van der Waals surface area contributed by atoms with Crippen LogP contribution in [-0.4, -0.2) is 41.5 Å². The maximum atomic E-state index is 4.20. The van der Waals surface area contributed by atoms with E-state index in [1.807, 2.05) is 35.0 Å². The van der Waals surface area contributed by atoms with Crippen molar-refractivity contribution >= 4 is 35.3 Å². The fraction of sp³-hybridized carbons (Fsp3) is 0.720. The zero-order chi connectivity index (χ0) is 22.3. The predicted octanol–water partition coefficient (Wildman–Crippen LogP) is 8.02. The number of rotatable bonds is 16. The van der Waals surface area contributed by atoms with Gasteiger partial charge in [0.05, 0.1) is 9.77 Å². The first kappa shape index (κ1) is 26.0. The summed E-state index contributed by atoms with van der Waals surface area (Å²) >= 11 is 6.33. The molecule has 1 aromatic carbocycles. The molecule has 1 aromatic heterocycles. The smallest absolute Gasteiger partial charge is 0.188 e. The predicted molar refractivity (Wildman–Crippen MR) is 143 cm³/mol. The van der Waals surface area contributed by atoms with Crippen LogP contribution in [0.25, 0.3) is 5.69 Å². The number of tetrazole rings is 1. The Balaban J connectivity index is 1.28. The lowest BCUT2D eigenvalue weighted by atomic mass is 10.0. The van der Waals surface area contributed by atoms with Gasteiger partial charge in [0.1, 0.15) is 0 Å². The van der Waals surface area contributed by atoms with Crippen molar-refractivity contribution < 1.29 is 0 Å². The van der Waals surface area contributed by atoms with E-state index in [1.165, 1.54) is 95.0 Å². The molecule has 0 spiro atoms. The van der Waals surface area contributed by atoms with E-state index >= 15 is 0 Å². The largest absolute Gasteiger partial charge is 0.214 e. The van der Waals surface area contributed by atoms with E-state index < -0.39 is 0 Å². The van der Waals surface area contributed by atoms with Crippen LogP contribution in [0.3, 0.4) is 0 Å². The summed E-state index contributed by atoms with van der Waals surface area (Å²) in [5.41, 5.74) is 1.03. The Morgan fingerprint density at radius 2 is 1.53 bits per heavy atom. The molecule has 3 rings (SSSR count). The Bertz CT molecular complexity index is 732. The average Bonchev–Trinajstić information content (AvgIpc) is 3.30. The van der Waals surface area contributed by atoms with Gasteiger partial charge in [-0.25, -0.2) is 0 Å². The SMILES string of the molecule is CCCCCCCC1(CCCCCCCSc2nnnn2-c2ccccc2)SCCCS1. The Kier molecular flexibility index (Phi) is 12.4. The van der Waals surface area contributed by atoms with Crippen molar-refractivity contribution in [1.29, 1.82) is 0 Å². The quantitative estimate of drug-likeness (QED) is 0.175. The van der Waals surface area contributed by atoms with Gasteiger partial charge in [0.25, 0.3) is 0 Å². The number of hydrogen-bond acceptors (Lipinski definition) is 6. The molecule has 7 heteroatoms. The third-order valence-corrected chi connectivity index (χ3v) is 10.6. The van der Waals surface area contributed by atoms with Gasteiger partial charge in [-0.05, 0) is 59.7 Å². The van der Waals surface area contributed by atoms with Crippen molar-refractivity contribution in [3.05, 3.63) is 30.3 Å². The summed E-state index contributed by atoms with van der Waals surface area (Å²) in [5.74, 6) is 3.84. The summed E-state index contributed by atoms with van der Waals surface area (Å²) in [5, 5.41) is 13.1. The number of para-hydroxylation sites is 1. The summed E-state index contributed by atoms with van der Waals surface area (Å²) in [4.78, 5) is 0. The average molecular weight is 493 g/mol. The zero-order valence-electron chi connectivity index (χ0n) is 19.7. The molecule has 4 nitrogen and oxygen atoms in total. The molecule has 0 unspecified atom stereocenters. The van der Waals surface area contributed by atoms with Gasteiger partial charge in [0.15, 0.2) is 0 Å². The van der Waals surface area contributed by atoms with Gasteiger partial charge in [-0.2, -0.15) is 4.68 Å². The summed E-state index contributed by atoms with van der Waals surface area (Å²) in [6, 6.07) is 10.1. The third kappa shape index (κ3) is 8.94. The topological polar surface area (TPSA) is 43.6 Å². The maximum absolute atomic E-state index is 4.20. The molecule has 1 fully saturated rings. The Morgan fingerprint density at radius 3 is 2.25 bits per heavy atom. The van der Waals surface area contributed by atoms with Gasteiger partial charge < -0.3 is 0 Å². The molecule has 0 saturated carbocycles. The van der Waals surface area contributed by atoms with Gasteiger partial charge in [-0.3, -0.25) is 0 Å². The fourth-order valence-electron chi connectivity index (χ4n) is 4.22. The number of aromatic nitrogens is 4. The van der Waals surface area contributed by atoms with E-state index in [0.717, 1.165) is 16.6 Å². The van der Waals surface area contributed by atoms with Crippen molar-refractivity contribution in [3.63, 3.8) is 0 Å². The Labute approximate surface area is 207 Å². The van der Waals surface area contributed by atoms with Crippen molar-refractivity contribution in [2.24, 2.45) is 0 Å². The lowest BCUT2D eigenvalue weighted by molar-refractivity contribution is 0.530. The van der Waals surface area contributed by atoms with Crippen LogP contribution in [0.15, 0.2) is 35.5 Å². The number of unbranched alkanes of at least 4 members (excludes halogenated alkanes) is 8. The second-order valence-corrected chi connectivity index (χ2v) is 13.0. The van der Waals surface area contributed by atoms with Crippen LogP contribution in [-0.2, 0) is 0 Å². The van der Waals surface area contributed by atoms with Crippen LogP contribution < -0.4 is 0 Å². The molecule has 0 atom stereocenters. The second kappa shape index (κ2) is 15.3. The molecule has 0 N–H and O–H groups in total. The first-order chi connectivity index (χ1) is 15.8. The zero-order valence-corrected chi connectivity index (χ0v) is 22.2. The van der Waals surface area contributed by atoms with E-state index in [0.29, 0.717) is 4.08 Å². The van der Waals surface area contributed by atoms with E-state index in [9.17, 15) is 0 Å². The lowest BCUT2D eigenvalue weighted by Crippen LogP contribution is -2.25. The number of hydrogen-bond donors (Lipinski definition) is 0. The highest BCUT2D eigenvalue weighted by Gasteiger charge is 2.32. The maximum Gasteiger partial charge on any atom is 0.214 e. The van der Waals surface area contributed by atoms with Crippen LogP contribution in [0.1, 0.15) is 90.4 Å². The van der Waals surface area contributed by atoms with Gasteiger partial charge >= 0.3 is 0 Å². The molecule has 1 aliphatic rings. The first-order valence-electron chi connectivity index (χ1n) is 12.6. The standard InChI is InChI=1S/C25H40N4S3/c1-2-3-4-6-12-18-25(31-21-15-22-32-25)19-13-7-5-8-14-20-30-24-26-27-28-29(24)23-16-10-9-11-17-23/h9-11,16-17H,2-8,12-15,18-22H2,1H3. The molecule has 1 aliphatic heterocycles. The van der Waals surface area contributed by atoms with E-state index in [-0.39, 0.29) is 0 Å². The van der Waals surface area contributed by atoms with E-state index in [2.05, 4.69) is 46.0 Å². The number of benzene rings is 1. The van der Waals surface area contributed by atoms with Crippen LogP contribution in [0.4, 0.5) is 0 Å². The Hall–Kier alpha value is -0.660. The van der Waals surface area contributed by atoms with E-state index in [1.54, 1.807) is 11.8 Å². The third-order valence-electron chi connectivity index (χ3n) is 6.05. The van der Waals surface area contributed by atoms with Crippen LogP contribution in [0.2, 0.25) is 0 Å². The molecule has 2 heterocycles. The lowest BCUT2D eigenvalue weighted by Gasteiger charge is -2.36. The fourth-order valence-corrected chi connectivity index (χ4v) is 8.60. The van der Waals surface area contributed by atoms with E-state index in [4.69, 9.17) is 0 Å². The molecule has 0 bridgehead atoms. The van der Waals surface area contributed by atoms with Crippen molar-refractivity contribution in [1.82, 2.24) is 20.2 Å². The van der Waals surface area contributed by atoms with Crippen LogP contribution in [0, 0.1) is 0 Å². The van der Waals surface area contributed by atoms with Gasteiger partial charge in [0.2, 0.25) is 5.16 Å². The van der Waals surface area contributed by atoms with Gasteiger partial charge in [0, 0.05) is 5.75 Å². The normalized spacial score (nSPS) is 15.8. The molecular formula is C25H40N4S3. The molecular weight excluding hydrogens is 453 g/mol. The number of nitrogens with zero attached hydrogens (tertiary/aromatic N) is 4. The molecule has 32 heavy (non-hydrogen) atoms. The highest BCUT2D eigenvalue weighted by atomic mass is 32.2. The summed E-state index contributed by atoms with van der Waals surface area (Å²) in [6.45, 7) is 2.31. The van der Waals surface area contributed by atoms with Crippen molar-refractivity contribution in [3.8, 4) is 5.69 Å². The minimum absolute atomic E-state index is 0.537. The monoisotopic (exact) mass is 492 g/mol. The highest BCUT2D eigenvalue weighted by molar-refractivity contribution is 8.18. The Morgan fingerprint density at radius 1 is 0.875 bits per heavy atom. The molecule has 1 saturated heterocycles. The molecule has 0 aliphatic carbocycles. The first-order valence-corrected chi connectivity index (χ1v) is 15.5. The second-order valence-electron chi connectivity index (χ2n) is 8.70.